The fraction of sp³-hybridized carbons (Fsp3) is 0.353. The van der Waals surface area contributed by atoms with Gasteiger partial charge in [-0.2, -0.15) is 0 Å². The number of ether oxygens (including phenoxy) is 1. The molecule has 3 rings (SSSR count). The molecule has 1 fully saturated rings. The summed E-state index contributed by atoms with van der Waals surface area (Å²) in [4.78, 5) is 53.2. The Morgan fingerprint density at radius 2 is 2.07 bits per heavy atom. The molecule has 0 radical (unpaired) electrons. The van der Waals surface area contributed by atoms with Crippen molar-refractivity contribution in [2.45, 2.75) is 23.2 Å². The molecule has 12 heteroatoms. The van der Waals surface area contributed by atoms with Gasteiger partial charge >= 0.3 is 41.5 Å². The van der Waals surface area contributed by atoms with Gasteiger partial charge in [-0.05, 0) is 12.1 Å². The molecular formula is C17H17N3NaO6S2+. The Morgan fingerprint density at radius 1 is 1.38 bits per heavy atom. The van der Waals surface area contributed by atoms with E-state index in [0.717, 1.165) is 9.80 Å². The van der Waals surface area contributed by atoms with Gasteiger partial charge in [0, 0.05) is 35.5 Å². The third-order valence-corrected chi connectivity index (χ3v) is 6.39. The Kier molecular flexibility index (Phi) is 8.58. The number of thioether (sulfide) groups is 2. The topological polar surface area (TPSA) is 126 Å². The quantitative estimate of drug-likeness (QED) is 0.202. The summed E-state index contributed by atoms with van der Waals surface area (Å²) >= 11 is 2.64. The summed E-state index contributed by atoms with van der Waals surface area (Å²) in [6.45, 7) is 1.05. The maximum absolute atomic E-state index is 12.5. The van der Waals surface area contributed by atoms with Gasteiger partial charge < -0.3 is 15.2 Å². The van der Waals surface area contributed by atoms with Crippen LogP contribution in [0.3, 0.4) is 0 Å². The summed E-state index contributed by atoms with van der Waals surface area (Å²) in [6, 6.07) is 2.78. The van der Waals surface area contributed by atoms with E-state index in [-0.39, 0.29) is 53.5 Å². The number of β-lactam (4-membered cyclic amide) rings is 1. The number of carboxylic acids is 1. The molecular weight excluding hydrogens is 429 g/mol. The molecule has 1 saturated heterocycles. The van der Waals surface area contributed by atoms with Crippen LogP contribution in [-0.4, -0.2) is 68.3 Å². The molecule has 148 valence electrons. The van der Waals surface area contributed by atoms with Gasteiger partial charge in [-0.15, -0.1) is 23.5 Å². The van der Waals surface area contributed by atoms with Gasteiger partial charge in [0.2, 0.25) is 5.91 Å². The number of rotatable bonds is 7. The fourth-order valence-electron chi connectivity index (χ4n) is 2.78. The van der Waals surface area contributed by atoms with Crippen molar-refractivity contribution in [2.24, 2.45) is 0 Å². The molecule has 2 N–H and O–H groups in total. The van der Waals surface area contributed by atoms with Gasteiger partial charge in [0.25, 0.3) is 5.91 Å². The summed E-state index contributed by atoms with van der Waals surface area (Å²) in [6.07, 6.45) is 3.25. The summed E-state index contributed by atoms with van der Waals surface area (Å²) < 4.78 is 4.88. The maximum atomic E-state index is 12.5. The number of fused-ring (bicyclic) bond motifs is 1. The van der Waals surface area contributed by atoms with E-state index in [0.29, 0.717) is 11.3 Å². The summed E-state index contributed by atoms with van der Waals surface area (Å²) in [7, 11) is 0. The third-order valence-electron chi connectivity index (χ3n) is 4.04. The predicted octanol–water partition coefficient (Wildman–Crippen LogP) is -2.52. The number of pyridine rings is 1. The smallest absolute Gasteiger partial charge is 0.477 e. The first kappa shape index (κ1) is 23.7. The van der Waals surface area contributed by atoms with Crippen LogP contribution in [-0.2, 0) is 23.9 Å². The number of nitrogens with zero attached hydrogens (tertiary/aromatic N) is 2. The molecule has 2 atom stereocenters. The second-order valence-corrected chi connectivity index (χ2v) is 8.12. The molecule has 0 aliphatic carbocycles. The molecule has 0 spiro atoms. The number of carbonyl (C=O) groups excluding carboxylic acids is 3. The zero-order valence-corrected chi connectivity index (χ0v) is 19.4. The van der Waals surface area contributed by atoms with Crippen LogP contribution in [0.2, 0.25) is 0 Å². The van der Waals surface area contributed by atoms with Crippen LogP contribution in [0, 0.1) is 0 Å². The standard InChI is InChI=1S/C17H17N3O6S2.Na/c1-9(21)26-6-10-7-28-16-13(15(23)20(16)14(10)17(24)25)19-12(22)8-27-11-2-4-18-5-3-11;/h2-5,13,16H,6-8H2,1H3,(H,19,22)(H,24,25);/q;+1/t13-,16-;/m1./s1. The van der Waals surface area contributed by atoms with E-state index in [1.165, 1.54) is 30.4 Å². The fourth-order valence-corrected chi connectivity index (χ4v) is 4.80. The molecule has 0 bridgehead atoms. The van der Waals surface area contributed by atoms with Crippen LogP contribution in [0.5, 0.6) is 0 Å². The molecule has 3 heterocycles. The average molecular weight is 446 g/mol. The van der Waals surface area contributed by atoms with E-state index >= 15 is 0 Å². The number of hydrogen-bond donors (Lipinski definition) is 2. The molecule has 0 saturated carbocycles. The van der Waals surface area contributed by atoms with E-state index in [1.807, 2.05) is 0 Å². The monoisotopic (exact) mass is 446 g/mol. The van der Waals surface area contributed by atoms with Crippen molar-refractivity contribution in [2.75, 3.05) is 18.1 Å². The minimum absolute atomic E-state index is 0. The molecule has 2 amide bonds. The molecule has 0 aromatic carbocycles. The summed E-state index contributed by atoms with van der Waals surface area (Å²) in [5.41, 5.74) is 0.182. The van der Waals surface area contributed by atoms with Crippen LogP contribution in [0.4, 0.5) is 0 Å². The Bertz CT molecular complexity index is 851. The first-order chi connectivity index (χ1) is 13.4. The molecule has 2 aliphatic heterocycles. The van der Waals surface area contributed by atoms with E-state index in [9.17, 15) is 24.3 Å². The summed E-state index contributed by atoms with van der Waals surface area (Å²) in [5, 5.41) is 11.7. The number of hydrogen-bond acceptors (Lipinski definition) is 8. The largest absolute Gasteiger partial charge is 1.00 e. The predicted molar refractivity (Wildman–Crippen MR) is 101 cm³/mol. The second kappa shape index (κ2) is 10.5. The van der Waals surface area contributed by atoms with Gasteiger partial charge in [0.1, 0.15) is 23.7 Å². The number of aliphatic carboxylic acids is 1. The van der Waals surface area contributed by atoms with Crippen LogP contribution in [0.1, 0.15) is 6.92 Å². The van der Waals surface area contributed by atoms with Crippen molar-refractivity contribution < 1.29 is 58.6 Å². The Morgan fingerprint density at radius 3 is 2.69 bits per heavy atom. The van der Waals surface area contributed by atoms with Gasteiger partial charge in [-0.3, -0.25) is 24.3 Å². The third kappa shape index (κ3) is 5.54. The van der Waals surface area contributed by atoms with Crippen LogP contribution in [0.15, 0.2) is 40.7 Å². The number of amides is 2. The molecule has 2 aliphatic rings. The molecule has 0 unspecified atom stereocenters. The molecule has 1 aromatic heterocycles. The first-order valence-corrected chi connectivity index (χ1v) is 10.3. The van der Waals surface area contributed by atoms with Gasteiger partial charge in [0.05, 0.1) is 5.75 Å². The van der Waals surface area contributed by atoms with E-state index in [1.54, 1.807) is 24.5 Å². The van der Waals surface area contributed by atoms with Crippen molar-refractivity contribution in [1.29, 1.82) is 0 Å². The normalized spacial score (nSPS) is 20.2. The first-order valence-electron chi connectivity index (χ1n) is 8.24. The van der Waals surface area contributed by atoms with E-state index in [4.69, 9.17) is 4.74 Å². The average Bonchev–Trinajstić information content (AvgIpc) is 2.68. The Balaban J connectivity index is 0.00000300. The maximum Gasteiger partial charge on any atom is 1.00 e. The summed E-state index contributed by atoms with van der Waals surface area (Å²) in [5.74, 6) is -2.18. The zero-order valence-electron chi connectivity index (χ0n) is 15.8. The van der Waals surface area contributed by atoms with E-state index < -0.39 is 29.3 Å². The number of carboxylic acid groups (broad SMARTS) is 1. The number of aromatic nitrogens is 1. The van der Waals surface area contributed by atoms with Crippen molar-refractivity contribution in [3.63, 3.8) is 0 Å². The number of nitrogens with one attached hydrogen (secondary N) is 1. The molecule has 9 nitrogen and oxygen atoms in total. The zero-order chi connectivity index (χ0) is 20.3. The van der Waals surface area contributed by atoms with Crippen molar-refractivity contribution in [3.8, 4) is 0 Å². The van der Waals surface area contributed by atoms with Crippen molar-refractivity contribution in [3.05, 3.63) is 35.8 Å². The van der Waals surface area contributed by atoms with Crippen molar-refractivity contribution >= 4 is 47.3 Å². The Hall–Kier alpha value is -1.53. The molecule has 1 aromatic rings. The minimum Gasteiger partial charge on any atom is -0.477 e. The minimum atomic E-state index is -1.26. The van der Waals surface area contributed by atoms with Gasteiger partial charge in [-0.1, -0.05) is 0 Å². The second-order valence-electron chi connectivity index (χ2n) is 5.96. The van der Waals surface area contributed by atoms with Crippen LogP contribution in [0.25, 0.3) is 0 Å². The van der Waals surface area contributed by atoms with Crippen LogP contribution >= 0.6 is 23.5 Å². The number of carbonyl (C=O) groups is 4. The van der Waals surface area contributed by atoms with Crippen LogP contribution < -0.4 is 34.9 Å². The molecule has 29 heavy (non-hydrogen) atoms. The Labute approximate surface area is 197 Å². The SMILES string of the molecule is CC(=O)OCC1=C(C(=O)O)N2C(=O)[C@@H](NC(=O)CSc3ccncc3)[C@H]2SC1.[Na+]. The van der Waals surface area contributed by atoms with Gasteiger partial charge in [-0.25, -0.2) is 4.79 Å². The van der Waals surface area contributed by atoms with E-state index in [2.05, 4.69) is 10.3 Å². The van der Waals surface area contributed by atoms with Gasteiger partial charge in [0.15, 0.2) is 0 Å². The number of esters is 1. The van der Waals surface area contributed by atoms with Crippen molar-refractivity contribution in [1.82, 2.24) is 15.2 Å².